The van der Waals surface area contributed by atoms with Gasteiger partial charge in [-0.15, -0.1) is 0 Å². The third kappa shape index (κ3) is 5.03. The summed E-state index contributed by atoms with van der Waals surface area (Å²) in [6.07, 6.45) is 2.09. The van der Waals surface area contributed by atoms with Gasteiger partial charge in [-0.25, -0.2) is 0 Å². The van der Waals surface area contributed by atoms with Crippen LogP contribution in [-0.2, 0) is 22.5 Å². The summed E-state index contributed by atoms with van der Waals surface area (Å²) in [4.78, 5) is 19.1. The Morgan fingerprint density at radius 3 is 2.81 bits per heavy atom. The van der Waals surface area contributed by atoms with E-state index in [4.69, 9.17) is 9.47 Å². The fourth-order valence-electron chi connectivity index (χ4n) is 2.94. The van der Waals surface area contributed by atoms with Gasteiger partial charge in [-0.2, -0.15) is 0 Å². The van der Waals surface area contributed by atoms with E-state index in [0.717, 1.165) is 30.0 Å². The van der Waals surface area contributed by atoms with Crippen LogP contribution in [0.4, 0.5) is 0 Å². The van der Waals surface area contributed by atoms with Gasteiger partial charge in [-0.05, 0) is 36.2 Å². The molecule has 1 aliphatic rings. The average molecular weight is 355 g/mol. The van der Waals surface area contributed by atoms with Gasteiger partial charge in [-0.3, -0.25) is 9.78 Å². The topological polar surface area (TPSA) is 63.7 Å². The Hall–Kier alpha value is -2.44. The predicted octanol–water partition coefficient (Wildman–Crippen LogP) is 1.65. The molecule has 2 aromatic rings. The number of rotatable bonds is 7. The zero-order chi connectivity index (χ0) is 18.2. The van der Waals surface area contributed by atoms with E-state index in [1.807, 2.05) is 47.4 Å². The molecule has 1 saturated heterocycles. The van der Waals surface area contributed by atoms with Crippen LogP contribution in [0, 0.1) is 0 Å². The van der Waals surface area contributed by atoms with Crippen LogP contribution in [-0.4, -0.2) is 55.2 Å². The quantitative estimate of drug-likeness (QED) is 0.818. The van der Waals surface area contributed by atoms with Crippen LogP contribution < -0.4 is 10.1 Å². The standard InChI is InChI=1S/C20H25N3O3/c1-25-18-7-5-16(6-8-18)9-12-23(15-17-4-2-3-10-22-17)20(24)19-14-21-11-13-26-19/h2-8,10,19,21H,9,11-15H2,1H3/t19-/m1/s1. The van der Waals surface area contributed by atoms with Crippen molar-refractivity contribution in [2.45, 2.75) is 19.1 Å². The molecule has 1 aromatic carbocycles. The number of benzene rings is 1. The highest BCUT2D eigenvalue weighted by Crippen LogP contribution is 2.14. The van der Waals surface area contributed by atoms with Crippen molar-refractivity contribution in [3.8, 4) is 5.75 Å². The highest BCUT2D eigenvalue weighted by atomic mass is 16.5. The molecule has 1 amide bonds. The summed E-state index contributed by atoms with van der Waals surface area (Å²) in [7, 11) is 1.65. The van der Waals surface area contributed by atoms with Gasteiger partial charge in [-0.1, -0.05) is 18.2 Å². The van der Waals surface area contributed by atoms with Gasteiger partial charge in [0.2, 0.25) is 0 Å². The molecule has 0 bridgehead atoms. The number of carbonyl (C=O) groups excluding carboxylic acids is 1. The van der Waals surface area contributed by atoms with Crippen molar-refractivity contribution in [2.24, 2.45) is 0 Å². The normalized spacial score (nSPS) is 16.9. The Labute approximate surface area is 154 Å². The van der Waals surface area contributed by atoms with Crippen molar-refractivity contribution < 1.29 is 14.3 Å². The van der Waals surface area contributed by atoms with E-state index < -0.39 is 6.10 Å². The summed E-state index contributed by atoms with van der Waals surface area (Å²) in [5.41, 5.74) is 2.03. The molecule has 1 aromatic heterocycles. The maximum Gasteiger partial charge on any atom is 0.253 e. The lowest BCUT2D eigenvalue weighted by atomic mass is 10.1. The van der Waals surface area contributed by atoms with E-state index in [2.05, 4.69) is 10.3 Å². The minimum Gasteiger partial charge on any atom is -0.497 e. The highest BCUT2D eigenvalue weighted by molar-refractivity contribution is 5.81. The van der Waals surface area contributed by atoms with Gasteiger partial charge in [0.1, 0.15) is 11.9 Å². The molecule has 6 nitrogen and oxygen atoms in total. The van der Waals surface area contributed by atoms with E-state index in [1.165, 1.54) is 0 Å². The molecule has 1 fully saturated rings. The van der Waals surface area contributed by atoms with Crippen molar-refractivity contribution in [3.63, 3.8) is 0 Å². The second-order valence-electron chi connectivity index (χ2n) is 6.24. The van der Waals surface area contributed by atoms with Gasteiger partial charge in [0.15, 0.2) is 0 Å². The van der Waals surface area contributed by atoms with Crippen molar-refractivity contribution in [1.29, 1.82) is 0 Å². The SMILES string of the molecule is COc1ccc(CCN(Cc2ccccn2)C(=O)[C@H]2CNCCO2)cc1. The van der Waals surface area contributed by atoms with Crippen molar-refractivity contribution in [1.82, 2.24) is 15.2 Å². The number of methoxy groups -OCH3 is 1. The van der Waals surface area contributed by atoms with Crippen LogP contribution in [0.3, 0.4) is 0 Å². The number of amides is 1. The second kappa shape index (κ2) is 9.31. The molecule has 26 heavy (non-hydrogen) atoms. The Morgan fingerprint density at radius 1 is 1.31 bits per heavy atom. The van der Waals surface area contributed by atoms with Crippen molar-refractivity contribution >= 4 is 5.91 Å². The molecule has 2 heterocycles. The molecule has 1 atom stereocenters. The van der Waals surface area contributed by atoms with Crippen LogP contribution in [0.25, 0.3) is 0 Å². The van der Waals surface area contributed by atoms with Crippen LogP contribution >= 0.6 is 0 Å². The zero-order valence-corrected chi connectivity index (χ0v) is 15.1. The number of pyridine rings is 1. The van der Waals surface area contributed by atoms with E-state index in [9.17, 15) is 4.79 Å². The Balaban J connectivity index is 1.67. The molecule has 1 aliphatic heterocycles. The zero-order valence-electron chi connectivity index (χ0n) is 15.1. The first-order valence-corrected chi connectivity index (χ1v) is 8.90. The molecule has 0 saturated carbocycles. The molecule has 3 rings (SSSR count). The maximum atomic E-state index is 12.9. The Kier molecular flexibility index (Phi) is 6.57. The lowest BCUT2D eigenvalue weighted by Gasteiger charge is -2.29. The first kappa shape index (κ1) is 18.4. The van der Waals surface area contributed by atoms with Gasteiger partial charge >= 0.3 is 0 Å². The van der Waals surface area contributed by atoms with E-state index >= 15 is 0 Å². The highest BCUT2D eigenvalue weighted by Gasteiger charge is 2.27. The average Bonchev–Trinajstić information content (AvgIpc) is 2.72. The number of ether oxygens (including phenoxy) is 2. The van der Waals surface area contributed by atoms with Gasteiger partial charge in [0.25, 0.3) is 5.91 Å². The molecular weight excluding hydrogens is 330 g/mol. The summed E-state index contributed by atoms with van der Waals surface area (Å²) in [6, 6.07) is 13.7. The lowest BCUT2D eigenvalue weighted by Crippen LogP contribution is -2.49. The van der Waals surface area contributed by atoms with Crippen LogP contribution in [0.15, 0.2) is 48.7 Å². The number of hydrogen-bond donors (Lipinski definition) is 1. The van der Waals surface area contributed by atoms with E-state index in [-0.39, 0.29) is 5.91 Å². The van der Waals surface area contributed by atoms with Crippen molar-refractivity contribution in [2.75, 3.05) is 33.4 Å². The van der Waals surface area contributed by atoms with Gasteiger partial charge < -0.3 is 19.7 Å². The van der Waals surface area contributed by atoms with Crippen LogP contribution in [0.2, 0.25) is 0 Å². The van der Waals surface area contributed by atoms with Gasteiger partial charge in [0, 0.05) is 25.8 Å². The van der Waals surface area contributed by atoms with Crippen LogP contribution in [0.1, 0.15) is 11.3 Å². The molecule has 0 unspecified atom stereocenters. The number of nitrogens with zero attached hydrogens (tertiary/aromatic N) is 2. The first-order valence-electron chi connectivity index (χ1n) is 8.90. The van der Waals surface area contributed by atoms with Crippen molar-refractivity contribution in [3.05, 3.63) is 59.9 Å². The number of hydrogen-bond acceptors (Lipinski definition) is 5. The molecule has 138 valence electrons. The number of nitrogens with one attached hydrogen (secondary N) is 1. The smallest absolute Gasteiger partial charge is 0.253 e. The Morgan fingerprint density at radius 2 is 2.15 bits per heavy atom. The fourth-order valence-corrected chi connectivity index (χ4v) is 2.94. The van der Waals surface area contributed by atoms with E-state index in [0.29, 0.717) is 26.2 Å². The minimum atomic E-state index is -0.427. The second-order valence-corrected chi connectivity index (χ2v) is 6.24. The largest absolute Gasteiger partial charge is 0.497 e. The third-order valence-electron chi connectivity index (χ3n) is 4.42. The third-order valence-corrected chi connectivity index (χ3v) is 4.42. The summed E-state index contributed by atoms with van der Waals surface area (Å²) in [6.45, 7) is 3.00. The summed E-state index contributed by atoms with van der Waals surface area (Å²) in [5, 5.41) is 3.22. The van der Waals surface area contributed by atoms with Crippen LogP contribution in [0.5, 0.6) is 5.75 Å². The molecule has 0 radical (unpaired) electrons. The summed E-state index contributed by atoms with van der Waals surface area (Å²) >= 11 is 0. The molecule has 1 N–H and O–H groups in total. The van der Waals surface area contributed by atoms with E-state index in [1.54, 1.807) is 13.3 Å². The van der Waals surface area contributed by atoms with Gasteiger partial charge in [0.05, 0.1) is 26.0 Å². The summed E-state index contributed by atoms with van der Waals surface area (Å²) < 4.78 is 10.8. The number of aromatic nitrogens is 1. The molecule has 0 spiro atoms. The maximum absolute atomic E-state index is 12.9. The lowest BCUT2D eigenvalue weighted by molar-refractivity contribution is -0.145. The molecule has 6 heteroatoms. The fraction of sp³-hybridized carbons (Fsp3) is 0.400. The first-order chi connectivity index (χ1) is 12.8. The predicted molar refractivity (Wildman–Crippen MR) is 99.0 cm³/mol. The summed E-state index contributed by atoms with van der Waals surface area (Å²) in [5.74, 6) is 0.841. The number of morpholine rings is 1. The minimum absolute atomic E-state index is 0.0105. The Bertz CT molecular complexity index is 685. The number of carbonyl (C=O) groups is 1. The molecular formula is C20H25N3O3. The monoisotopic (exact) mass is 355 g/mol. The molecule has 0 aliphatic carbocycles.